The van der Waals surface area contributed by atoms with Crippen LogP contribution in [0.1, 0.15) is 49.4 Å². The van der Waals surface area contributed by atoms with E-state index in [1.54, 1.807) is 19.1 Å². The number of carbonyl (C=O) groups is 4. The van der Waals surface area contributed by atoms with Gasteiger partial charge in [0.2, 0.25) is 5.91 Å². The summed E-state index contributed by atoms with van der Waals surface area (Å²) in [5.41, 5.74) is 0.757. The van der Waals surface area contributed by atoms with Crippen molar-refractivity contribution in [3.05, 3.63) is 23.8 Å². The molecule has 3 rings (SSSR count). The number of hydrogen-bond acceptors (Lipinski definition) is 6. The summed E-state index contributed by atoms with van der Waals surface area (Å²) in [6, 6.07) is 4.32. The van der Waals surface area contributed by atoms with Crippen LogP contribution in [0.25, 0.3) is 0 Å². The summed E-state index contributed by atoms with van der Waals surface area (Å²) < 4.78 is 4.97. The number of esters is 1. The summed E-state index contributed by atoms with van der Waals surface area (Å²) in [6.45, 7) is 1.24. The van der Waals surface area contributed by atoms with Gasteiger partial charge in [-0.2, -0.15) is 0 Å². The molecule has 1 fully saturated rings. The molecule has 150 valence electrons. The molecular formula is C19H23N3O5S. The molecule has 1 aliphatic carbocycles. The first-order valence-corrected chi connectivity index (χ1v) is 10.2. The fourth-order valence-electron chi connectivity index (χ4n) is 3.18. The summed E-state index contributed by atoms with van der Waals surface area (Å²) in [4.78, 5) is 48.4. The highest BCUT2D eigenvalue weighted by Gasteiger charge is 2.24. The molecule has 2 aliphatic rings. The van der Waals surface area contributed by atoms with Gasteiger partial charge in [0.1, 0.15) is 0 Å². The molecule has 1 atom stereocenters. The van der Waals surface area contributed by atoms with Crippen LogP contribution in [0.3, 0.4) is 0 Å². The van der Waals surface area contributed by atoms with Crippen molar-refractivity contribution >= 4 is 41.3 Å². The minimum atomic E-state index is -0.705. The van der Waals surface area contributed by atoms with Gasteiger partial charge in [0, 0.05) is 10.9 Å². The lowest BCUT2D eigenvalue weighted by Gasteiger charge is -2.22. The van der Waals surface area contributed by atoms with Gasteiger partial charge in [-0.25, -0.2) is 9.59 Å². The van der Waals surface area contributed by atoms with Gasteiger partial charge in [-0.1, -0.05) is 19.3 Å². The van der Waals surface area contributed by atoms with Gasteiger partial charge < -0.3 is 15.4 Å². The van der Waals surface area contributed by atoms with Crippen LogP contribution in [0, 0.1) is 0 Å². The van der Waals surface area contributed by atoms with Crippen molar-refractivity contribution in [1.29, 1.82) is 0 Å². The fraction of sp³-hybridized carbons (Fsp3) is 0.474. The Morgan fingerprint density at radius 1 is 1.21 bits per heavy atom. The van der Waals surface area contributed by atoms with Crippen molar-refractivity contribution in [1.82, 2.24) is 10.6 Å². The van der Waals surface area contributed by atoms with Crippen molar-refractivity contribution in [3.63, 3.8) is 0 Å². The summed E-state index contributed by atoms with van der Waals surface area (Å²) in [5, 5.41) is 7.46. The van der Waals surface area contributed by atoms with Crippen molar-refractivity contribution in [2.45, 2.75) is 55.2 Å². The standard InChI is InChI=1S/C19H23N3O5S/c1-11-17(24)21-14-9-12(7-8-15(14)28-11)18(25)27-10-16(23)22-19(26)20-13-5-3-2-4-6-13/h7-9,11,13H,2-6,10H2,1H3,(H,21,24)(H2,20,22,23,26). The van der Waals surface area contributed by atoms with Crippen LogP contribution in [0.15, 0.2) is 23.1 Å². The molecule has 0 radical (unpaired) electrons. The van der Waals surface area contributed by atoms with Crippen molar-refractivity contribution in [3.8, 4) is 0 Å². The molecule has 1 unspecified atom stereocenters. The van der Waals surface area contributed by atoms with Gasteiger partial charge in [-0.05, 0) is 38.0 Å². The molecule has 1 aromatic carbocycles. The summed E-state index contributed by atoms with van der Waals surface area (Å²) >= 11 is 1.41. The number of carbonyl (C=O) groups excluding carboxylic acids is 4. The Morgan fingerprint density at radius 2 is 1.96 bits per heavy atom. The Bertz CT molecular complexity index is 792. The number of amides is 4. The van der Waals surface area contributed by atoms with Crippen LogP contribution in [0.4, 0.5) is 10.5 Å². The van der Waals surface area contributed by atoms with E-state index in [2.05, 4.69) is 16.0 Å². The van der Waals surface area contributed by atoms with Gasteiger partial charge >= 0.3 is 12.0 Å². The minimum absolute atomic E-state index is 0.0791. The zero-order valence-electron chi connectivity index (χ0n) is 15.6. The molecule has 1 heterocycles. The van der Waals surface area contributed by atoms with Gasteiger partial charge in [0.25, 0.3) is 5.91 Å². The SMILES string of the molecule is CC1Sc2ccc(C(=O)OCC(=O)NC(=O)NC3CCCCC3)cc2NC1=O. The second kappa shape index (κ2) is 9.09. The predicted octanol–water partition coefficient (Wildman–Crippen LogP) is 2.43. The molecule has 28 heavy (non-hydrogen) atoms. The highest BCUT2D eigenvalue weighted by Crippen LogP contribution is 2.36. The average Bonchev–Trinajstić information content (AvgIpc) is 2.67. The van der Waals surface area contributed by atoms with Crippen molar-refractivity contribution in [2.24, 2.45) is 0 Å². The van der Waals surface area contributed by atoms with Gasteiger partial charge in [-0.15, -0.1) is 11.8 Å². The zero-order chi connectivity index (χ0) is 20.1. The summed E-state index contributed by atoms with van der Waals surface area (Å²) in [5.74, 6) is -1.54. The van der Waals surface area contributed by atoms with E-state index >= 15 is 0 Å². The van der Waals surface area contributed by atoms with Gasteiger partial charge in [0.05, 0.1) is 16.5 Å². The third-order valence-corrected chi connectivity index (χ3v) is 5.85. The number of imide groups is 1. The minimum Gasteiger partial charge on any atom is -0.452 e. The molecule has 0 saturated heterocycles. The van der Waals surface area contributed by atoms with E-state index < -0.39 is 24.5 Å². The maximum atomic E-state index is 12.2. The number of fused-ring (bicyclic) bond motifs is 1. The smallest absolute Gasteiger partial charge is 0.338 e. The largest absolute Gasteiger partial charge is 0.452 e. The molecule has 9 heteroatoms. The van der Waals surface area contributed by atoms with Crippen LogP contribution in [0.5, 0.6) is 0 Å². The van der Waals surface area contributed by atoms with E-state index in [0.717, 1.165) is 30.6 Å². The third kappa shape index (κ3) is 5.25. The maximum absolute atomic E-state index is 12.2. The highest BCUT2D eigenvalue weighted by molar-refractivity contribution is 8.00. The number of ether oxygens (including phenoxy) is 1. The molecule has 1 saturated carbocycles. The average molecular weight is 405 g/mol. The van der Waals surface area contributed by atoms with E-state index in [1.165, 1.54) is 24.2 Å². The Balaban J connectivity index is 1.47. The van der Waals surface area contributed by atoms with E-state index in [0.29, 0.717) is 5.69 Å². The number of urea groups is 1. The van der Waals surface area contributed by atoms with Crippen LogP contribution in [-0.2, 0) is 14.3 Å². The second-order valence-electron chi connectivity index (χ2n) is 6.89. The first-order valence-electron chi connectivity index (χ1n) is 9.31. The van der Waals surface area contributed by atoms with Crippen LogP contribution in [-0.4, -0.2) is 41.7 Å². The first kappa shape index (κ1) is 20.2. The lowest BCUT2D eigenvalue weighted by Crippen LogP contribution is -2.46. The van der Waals surface area contributed by atoms with E-state index in [9.17, 15) is 19.2 Å². The Kier molecular flexibility index (Phi) is 6.56. The molecule has 1 aromatic rings. The van der Waals surface area contributed by atoms with E-state index in [-0.39, 0.29) is 22.8 Å². The topological polar surface area (TPSA) is 114 Å². The molecule has 1 aliphatic heterocycles. The predicted molar refractivity (Wildman–Crippen MR) is 104 cm³/mol. The number of benzene rings is 1. The van der Waals surface area contributed by atoms with Gasteiger partial charge in [-0.3, -0.25) is 14.9 Å². The van der Waals surface area contributed by atoms with Crippen molar-refractivity contribution in [2.75, 3.05) is 11.9 Å². The molecule has 0 bridgehead atoms. The third-order valence-electron chi connectivity index (χ3n) is 4.67. The second-order valence-corrected chi connectivity index (χ2v) is 8.28. The number of anilines is 1. The normalized spacial score (nSPS) is 19.2. The summed E-state index contributed by atoms with van der Waals surface area (Å²) in [7, 11) is 0. The molecule has 0 spiro atoms. The quantitative estimate of drug-likeness (QED) is 0.663. The number of nitrogens with one attached hydrogen (secondary N) is 3. The van der Waals surface area contributed by atoms with Gasteiger partial charge in [0.15, 0.2) is 6.61 Å². The molecular weight excluding hydrogens is 382 g/mol. The number of hydrogen-bond donors (Lipinski definition) is 3. The number of rotatable bonds is 4. The van der Waals surface area contributed by atoms with Crippen LogP contribution >= 0.6 is 11.8 Å². The highest BCUT2D eigenvalue weighted by atomic mass is 32.2. The molecule has 8 nitrogen and oxygen atoms in total. The van der Waals surface area contributed by atoms with E-state index in [4.69, 9.17) is 4.74 Å². The molecule has 4 amide bonds. The summed E-state index contributed by atoms with van der Waals surface area (Å²) in [6.07, 6.45) is 5.11. The monoisotopic (exact) mass is 405 g/mol. The van der Waals surface area contributed by atoms with E-state index in [1.807, 2.05) is 0 Å². The Hall–Kier alpha value is -2.55. The Labute approximate surface area is 167 Å². The van der Waals surface area contributed by atoms with Crippen molar-refractivity contribution < 1.29 is 23.9 Å². The molecule has 0 aromatic heterocycles. The zero-order valence-corrected chi connectivity index (χ0v) is 16.4. The Morgan fingerprint density at radius 3 is 2.71 bits per heavy atom. The van der Waals surface area contributed by atoms with Crippen LogP contribution in [0.2, 0.25) is 0 Å². The molecule has 3 N–H and O–H groups in total. The first-order chi connectivity index (χ1) is 13.4. The maximum Gasteiger partial charge on any atom is 0.338 e. The fourth-order valence-corrected chi connectivity index (χ4v) is 4.11. The lowest BCUT2D eigenvalue weighted by molar-refractivity contribution is -0.123. The lowest BCUT2D eigenvalue weighted by atomic mass is 9.96. The number of thioether (sulfide) groups is 1. The van der Waals surface area contributed by atoms with Crippen LogP contribution < -0.4 is 16.0 Å².